The lowest BCUT2D eigenvalue weighted by atomic mass is 10.1. The fourth-order valence-corrected chi connectivity index (χ4v) is 2.56. The molecule has 2 aromatic carbocycles. The van der Waals surface area contributed by atoms with Crippen molar-refractivity contribution in [1.82, 2.24) is 15.6 Å². The zero-order valence-electron chi connectivity index (χ0n) is 14.3. The lowest BCUT2D eigenvalue weighted by molar-refractivity contribution is 0.0950. The van der Waals surface area contributed by atoms with Gasteiger partial charge < -0.3 is 4.74 Å². The van der Waals surface area contributed by atoms with Gasteiger partial charge in [-0.1, -0.05) is 28.1 Å². The Bertz CT molecular complexity index is 931. The van der Waals surface area contributed by atoms with Gasteiger partial charge in [-0.3, -0.25) is 9.89 Å². The molecule has 0 fully saturated rings. The fraction of sp³-hybridized carbons (Fsp3) is 0.105. The van der Waals surface area contributed by atoms with Gasteiger partial charge in [-0.2, -0.15) is 10.2 Å². The first-order valence-electron chi connectivity index (χ1n) is 7.87. The van der Waals surface area contributed by atoms with Crippen LogP contribution in [-0.4, -0.2) is 28.9 Å². The van der Waals surface area contributed by atoms with Crippen LogP contribution in [0.4, 0.5) is 0 Å². The maximum absolute atomic E-state index is 12.3. The van der Waals surface area contributed by atoms with Gasteiger partial charge in [0.05, 0.1) is 18.5 Å². The number of ether oxygens (including phenoxy) is 1. The first-order chi connectivity index (χ1) is 12.6. The minimum atomic E-state index is -0.353. The van der Waals surface area contributed by atoms with Crippen LogP contribution < -0.4 is 10.2 Å². The number of hydrogen-bond acceptors (Lipinski definition) is 4. The van der Waals surface area contributed by atoms with Gasteiger partial charge in [0, 0.05) is 10.0 Å². The average Bonchev–Trinajstić information content (AvgIpc) is 3.17. The number of rotatable bonds is 5. The second-order valence-corrected chi connectivity index (χ2v) is 6.46. The van der Waals surface area contributed by atoms with Crippen LogP contribution in [0.25, 0.3) is 11.3 Å². The largest absolute Gasteiger partial charge is 0.497 e. The summed E-state index contributed by atoms with van der Waals surface area (Å²) in [7, 11) is 1.61. The smallest absolute Gasteiger partial charge is 0.289 e. The number of hydrazone groups is 1. The molecule has 7 heteroatoms. The highest BCUT2D eigenvalue weighted by atomic mass is 79.9. The molecule has 1 heterocycles. The molecule has 26 heavy (non-hydrogen) atoms. The minimum Gasteiger partial charge on any atom is -0.497 e. The number of aromatic amines is 1. The Kier molecular flexibility index (Phi) is 5.48. The summed E-state index contributed by atoms with van der Waals surface area (Å²) in [6.45, 7) is 1.83. The summed E-state index contributed by atoms with van der Waals surface area (Å²) < 4.78 is 6.12. The van der Waals surface area contributed by atoms with Crippen LogP contribution in [0.3, 0.4) is 0 Å². The lowest BCUT2D eigenvalue weighted by Crippen LogP contribution is -2.19. The van der Waals surface area contributed by atoms with E-state index in [0.717, 1.165) is 21.3 Å². The summed E-state index contributed by atoms with van der Waals surface area (Å²) in [5.41, 5.74) is 6.07. The highest BCUT2D eigenvalue weighted by molar-refractivity contribution is 9.10. The number of aromatic nitrogens is 2. The number of nitrogens with one attached hydrogen (secondary N) is 2. The maximum Gasteiger partial charge on any atom is 0.289 e. The Labute approximate surface area is 159 Å². The molecule has 0 saturated heterocycles. The number of hydrogen-bond donors (Lipinski definition) is 2. The topological polar surface area (TPSA) is 79.4 Å². The number of methoxy groups -OCH3 is 1. The standard InChI is InChI=1S/C19H17BrN4O2/c1-12(13-3-7-15(20)8-4-13)21-24-19(25)18-11-17(22-23-18)14-5-9-16(26-2)10-6-14/h3-11H,1-2H3,(H,22,23)(H,24,25)/b21-12+. The third-order valence-corrected chi connectivity index (χ3v) is 4.32. The Morgan fingerprint density at radius 2 is 1.85 bits per heavy atom. The molecular weight excluding hydrogens is 396 g/mol. The van der Waals surface area contributed by atoms with Crippen LogP contribution in [-0.2, 0) is 0 Å². The quantitative estimate of drug-likeness (QED) is 0.490. The van der Waals surface area contributed by atoms with Crippen molar-refractivity contribution in [2.45, 2.75) is 6.92 Å². The predicted molar refractivity (Wildman–Crippen MR) is 104 cm³/mol. The number of carbonyl (C=O) groups excluding carboxylic acids is 1. The van der Waals surface area contributed by atoms with Gasteiger partial charge >= 0.3 is 0 Å². The molecule has 0 spiro atoms. The summed E-state index contributed by atoms with van der Waals surface area (Å²) in [5.74, 6) is 0.411. The van der Waals surface area contributed by atoms with Crippen molar-refractivity contribution in [1.29, 1.82) is 0 Å². The number of benzene rings is 2. The SMILES string of the molecule is COc1ccc(-c2cc(C(=O)N/N=C(\C)c3ccc(Br)cc3)[nH]n2)cc1. The highest BCUT2D eigenvalue weighted by Gasteiger charge is 2.11. The predicted octanol–water partition coefficient (Wildman–Crippen LogP) is 4.00. The fourth-order valence-electron chi connectivity index (χ4n) is 2.30. The van der Waals surface area contributed by atoms with Gasteiger partial charge in [0.25, 0.3) is 5.91 Å². The minimum absolute atomic E-state index is 0.336. The van der Waals surface area contributed by atoms with Crippen LogP contribution in [0, 0.1) is 0 Å². The van der Waals surface area contributed by atoms with E-state index < -0.39 is 0 Å². The summed E-state index contributed by atoms with van der Waals surface area (Å²) in [6, 6.07) is 16.8. The van der Waals surface area contributed by atoms with Crippen molar-refractivity contribution >= 4 is 27.5 Å². The van der Waals surface area contributed by atoms with Crippen LogP contribution in [0.2, 0.25) is 0 Å². The Morgan fingerprint density at radius 1 is 1.15 bits per heavy atom. The third-order valence-electron chi connectivity index (χ3n) is 3.80. The van der Waals surface area contributed by atoms with Crippen LogP contribution in [0.15, 0.2) is 64.2 Å². The number of halogens is 1. The van der Waals surface area contributed by atoms with Gasteiger partial charge in [0.2, 0.25) is 0 Å². The molecule has 0 aliphatic heterocycles. The number of amides is 1. The van der Waals surface area contributed by atoms with E-state index in [1.807, 2.05) is 55.5 Å². The second kappa shape index (κ2) is 7.97. The zero-order chi connectivity index (χ0) is 18.5. The van der Waals surface area contributed by atoms with Crippen molar-refractivity contribution in [3.05, 3.63) is 70.3 Å². The molecule has 0 aliphatic carbocycles. The van der Waals surface area contributed by atoms with Crippen molar-refractivity contribution in [3.8, 4) is 17.0 Å². The van der Waals surface area contributed by atoms with E-state index in [2.05, 4.69) is 36.7 Å². The third kappa shape index (κ3) is 4.18. The number of nitrogens with zero attached hydrogens (tertiary/aromatic N) is 2. The monoisotopic (exact) mass is 412 g/mol. The highest BCUT2D eigenvalue weighted by Crippen LogP contribution is 2.21. The van der Waals surface area contributed by atoms with Crippen molar-refractivity contribution < 1.29 is 9.53 Å². The van der Waals surface area contributed by atoms with E-state index in [0.29, 0.717) is 17.1 Å². The molecule has 2 N–H and O–H groups in total. The molecule has 0 saturated carbocycles. The van der Waals surface area contributed by atoms with Gasteiger partial charge in [-0.15, -0.1) is 0 Å². The number of H-pyrrole nitrogens is 1. The first-order valence-corrected chi connectivity index (χ1v) is 8.66. The molecule has 0 aliphatic rings. The Balaban J connectivity index is 1.69. The first kappa shape index (κ1) is 17.9. The zero-order valence-corrected chi connectivity index (χ0v) is 15.9. The molecule has 3 rings (SSSR count). The van der Waals surface area contributed by atoms with E-state index in [-0.39, 0.29) is 5.91 Å². The second-order valence-electron chi connectivity index (χ2n) is 5.54. The molecule has 3 aromatic rings. The van der Waals surface area contributed by atoms with Crippen LogP contribution >= 0.6 is 15.9 Å². The van der Waals surface area contributed by atoms with Crippen molar-refractivity contribution in [2.24, 2.45) is 5.10 Å². The molecule has 0 radical (unpaired) electrons. The summed E-state index contributed by atoms with van der Waals surface area (Å²) in [4.78, 5) is 12.3. The molecule has 0 unspecified atom stereocenters. The molecule has 6 nitrogen and oxygen atoms in total. The summed E-state index contributed by atoms with van der Waals surface area (Å²) in [6.07, 6.45) is 0. The van der Waals surface area contributed by atoms with E-state index in [1.165, 1.54) is 0 Å². The molecule has 0 atom stereocenters. The molecule has 1 aromatic heterocycles. The van der Waals surface area contributed by atoms with Gasteiger partial charge in [-0.05, 0) is 55.0 Å². The van der Waals surface area contributed by atoms with E-state index >= 15 is 0 Å². The van der Waals surface area contributed by atoms with E-state index in [4.69, 9.17) is 4.74 Å². The van der Waals surface area contributed by atoms with E-state index in [9.17, 15) is 4.79 Å². The van der Waals surface area contributed by atoms with Gasteiger partial charge in [-0.25, -0.2) is 5.43 Å². The molecule has 0 bridgehead atoms. The van der Waals surface area contributed by atoms with Gasteiger partial charge in [0.15, 0.2) is 0 Å². The summed E-state index contributed by atoms with van der Waals surface area (Å²) >= 11 is 3.39. The molecule has 1 amide bonds. The lowest BCUT2D eigenvalue weighted by Gasteiger charge is -2.02. The van der Waals surface area contributed by atoms with Crippen LogP contribution in [0.5, 0.6) is 5.75 Å². The van der Waals surface area contributed by atoms with E-state index in [1.54, 1.807) is 13.2 Å². The van der Waals surface area contributed by atoms with Crippen molar-refractivity contribution in [3.63, 3.8) is 0 Å². The maximum atomic E-state index is 12.3. The average molecular weight is 413 g/mol. The summed E-state index contributed by atoms with van der Waals surface area (Å²) in [5, 5.41) is 11.1. The Morgan fingerprint density at radius 3 is 2.50 bits per heavy atom. The van der Waals surface area contributed by atoms with Gasteiger partial charge in [0.1, 0.15) is 11.4 Å². The molecular formula is C19H17BrN4O2. The molecule has 132 valence electrons. The van der Waals surface area contributed by atoms with Crippen molar-refractivity contribution in [2.75, 3.05) is 7.11 Å². The number of carbonyl (C=O) groups is 1. The van der Waals surface area contributed by atoms with Crippen LogP contribution in [0.1, 0.15) is 23.0 Å². The Hall–Kier alpha value is -2.93. The normalized spacial score (nSPS) is 11.3.